The molecule has 0 atom stereocenters. The molecule has 4 rings (SSSR count). The van der Waals surface area contributed by atoms with Crippen LogP contribution in [0.25, 0.3) is 10.2 Å². The van der Waals surface area contributed by atoms with Crippen molar-refractivity contribution >= 4 is 44.2 Å². The highest BCUT2D eigenvalue weighted by Gasteiger charge is 2.21. The maximum atomic E-state index is 12.7. The number of benzene rings is 2. The van der Waals surface area contributed by atoms with Gasteiger partial charge in [0.1, 0.15) is 5.75 Å². The molecule has 0 aliphatic carbocycles. The van der Waals surface area contributed by atoms with Crippen molar-refractivity contribution in [1.29, 1.82) is 0 Å². The molecule has 24 heavy (non-hydrogen) atoms. The lowest BCUT2D eigenvalue weighted by Crippen LogP contribution is -2.28. The highest BCUT2D eigenvalue weighted by molar-refractivity contribution is 7.22. The second-order valence-corrected chi connectivity index (χ2v) is 6.39. The van der Waals surface area contributed by atoms with Crippen molar-refractivity contribution in [3.05, 3.63) is 48.0 Å². The monoisotopic (exact) mass is 339 g/mol. The Hall–Kier alpha value is -2.93. The van der Waals surface area contributed by atoms with E-state index in [-0.39, 0.29) is 18.4 Å². The minimum absolute atomic E-state index is 0.0433. The van der Waals surface area contributed by atoms with Crippen LogP contribution in [0.1, 0.15) is 10.4 Å². The zero-order valence-electron chi connectivity index (χ0n) is 12.8. The van der Waals surface area contributed by atoms with E-state index in [4.69, 9.17) is 4.74 Å². The van der Waals surface area contributed by atoms with Crippen molar-refractivity contribution in [3.8, 4) is 5.75 Å². The number of para-hydroxylation sites is 1. The summed E-state index contributed by atoms with van der Waals surface area (Å²) in [5.74, 6) is 0.115. The standard InChI is InChI=1S/C17H13N3O3S/c1-20(17-19-12-4-2-3-5-14(12)24-17)16(22)10-6-7-11-13(8-10)23-9-15(21)18-11/h2-8H,9H2,1H3,(H,18,21). The second kappa shape index (κ2) is 5.61. The molecule has 0 spiro atoms. The zero-order chi connectivity index (χ0) is 16.7. The summed E-state index contributed by atoms with van der Waals surface area (Å²) in [5, 5.41) is 3.34. The van der Waals surface area contributed by atoms with E-state index in [1.54, 1.807) is 25.2 Å². The van der Waals surface area contributed by atoms with Gasteiger partial charge in [-0.25, -0.2) is 4.98 Å². The molecule has 0 unspecified atom stereocenters. The Balaban J connectivity index is 1.64. The van der Waals surface area contributed by atoms with Crippen molar-refractivity contribution in [3.63, 3.8) is 0 Å². The highest BCUT2D eigenvalue weighted by Crippen LogP contribution is 2.31. The summed E-state index contributed by atoms with van der Waals surface area (Å²) in [6.45, 7) is -0.0433. The van der Waals surface area contributed by atoms with E-state index in [0.717, 1.165) is 10.2 Å². The first kappa shape index (κ1) is 14.6. The smallest absolute Gasteiger partial charge is 0.262 e. The quantitative estimate of drug-likeness (QED) is 0.779. The van der Waals surface area contributed by atoms with Gasteiger partial charge in [-0.3, -0.25) is 14.5 Å². The first-order valence-electron chi connectivity index (χ1n) is 7.32. The molecule has 1 aromatic heterocycles. The zero-order valence-corrected chi connectivity index (χ0v) is 13.6. The topological polar surface area (TPSA) is 71.5 Å². The van der Waals surface area contributed by atoms with Gasteiger partial charge >= 0.3 is 0 Å². The number of anilines is 2. The van der Waals surface area contributed by atoms with Crippen LogP contribution in [0.4, 0.5) is 10.8 Å². The molecule has 7 heteroatoms. The van der Waals surface area contributed by atoms with Crippen molar-refractivity contribution in [2.75, 3.05) is 23.9 Å². The normalized spacial score (nSPS) is 13.1. The van der Waals surface area contributed by atoms with Gasteiger partial charge in [0, 0.05) is 12.6 Å². The number of nitrogens with one attached hydrogen (secondary N) is 1. The van der Waals surface area contributed by atoms with E-state index < -0.39 is 0 Å². The van der Waals surface area contributed by atoms with Gasteiger partial charge < -0.3 is 10.1 Å². The third kappa shape index (κ3) is 2.48. The number of nitrogens with zero attached hydrogens (tertiary/aromatic N) is 2. The molecule has 1 aliphatic rings. The summed E-state index contributed by atoms with van der Waals surface area (Å²) < 4.78 is 6.40. The van der Waals surface area contributed by atoms with E-state index in [0.29, 0.717) is 22.1 Å². The van der Waals surface area contributed by atoms with Crippen LogP contribution in [0, 0.1) is 0 Å². The number of rotatable bonds is 2. The number of thiazole rings is 1. The molecule has 2 amide bonds. The van der Waals surface area contributed by atoms with Crippen LogP contribution in [-0.4, -0.2) is 30.5 Å². The van der Waals surface area contributed by atoms with Crippen LogP contribution in [0.2, 0.25) is 0 Å². The van der Waals surface area contributed by atoms with Gasteiger partial charge in [0.2, 0.25) is 0 Å². The lowest BCUT2D eigenvalue weighted by Gasteiger charge is -2.19. The third-order valence-corrected chi connectivity index (χ3v) is 4.85. The molecule has 6 nitrogen and oxygen atoms in total. The first-order chi connectivity index (χ1) is 11.6. The number of hydrogen-bond donors (Lipinski definition) is 1. The number of aromatic nitrogens is 1. The average molecular weight is 339 g/mol. The van der Waals surface area contributed by atoms with Crippen LogP contribution in [0.5, 0.6) is 5.75 Å². The molecule has 1 aliphatic heterocycles. The van der Waals surface area contributed by atoms with Crippen molar-refractivity contribution in [2.45, 2.75) is 0 Å². The minimum Gasteiger partial charge on any atom is -0.482 e. The summed E-state index contributed by atoms with van der Waals surface area (Å²) in [6, 6.07) is 12.7. The van der Waals surface area contributed by atoms with Gasteiger partial charge in [-0.2, -0.15) is 0 Å². The SMILES string of the molecule is CN(C(=O)c1ccc2c(c1)OCC(=O)N2)c1nc2ccccc2s1. The molecule has 3 aromatic rings. The lowest BCUT2D eigenvalue weighted by molar-refractivity contribution is -0.118. The van der Waals surface area contributed by atoms with Crippen LogP contribution >= 0.6 is 11.3 Å². The Morgan fingerprint density at radius 3 is 2.96 bits per heavy atom. The van der Waals surface area contributed by atoms with Gasteiger partial charge in [0.05, 0.1) is 15.9 Å². The first-order valence-corrected chi connectivity index (χ1v) is 8.14. The molecular weight excluding hydrogens is 326 g/mol. The molecular formula is C17H13N3O3S. The Bertz CT molecular complexity index is 934. The van der Waals surface area contributed by atoms with Crippen molar-refractivity contribution < 1.29 is 14.3 Å². The summed E-state index contributed by atoms with van der Waals surface area (Å²) in [6.07, 6.45) is 0. The number of ether oxygens (including phenoxy) is 1. The highest BCUT2D eigenvalue weighted by atomic mass is 32.1. The fraction of sp³-hybridized carbons (Fsp3) is 0.118. The predicted molar refractivity (Wildman–Crippen MR) is 92.9 cm³/mol. The number of fused-ring (bicyclic) bond motifs is 2. The van der Waals surface area contributed by atoms with E-state index >= 15 is 0 Å². The van der Waals surface area contributed by atoms with Gasteiger partial charge in [0.25, 0.3) is 11.8 Å². The predicted octanol–water partition coefficient (Wildman–Crippen LogP) is 2.90. The Morgan fingerprint density at radius 1 is 1.29 bits per heavy atom. The number of carbonyl (C=O) groups is 2. The Kier molecular flexibility index (Phi) is 3.42. The number of amides is 2. The average Bonchev–Trinajstić information content (AvgIpc) is 3.04. The van der Waals surface area contributed by atoms with Crippen LogP contribution in [-0.2, 0) is 4.79 Å². The summed E-state index contributed by atoms with van der Waals surface area (Å²) in [5.41, 5.74) is 1.92. The maximum Gasteiger partial charge on any atom is 0.262 e. The molecule has 0 bridgehead atoms. The number of hydrogen-bond acceptors (Lipinski definition) is 5. The van der Waals surface area contributed by atoms with Gasteiger partial charge in [-0.1, -0.05) is 23.5 Å². The van der Waals surface area contributed by atoms with E-state index in [2.05, 4.69) is 10.3 Å². The van der Waals surface area contributed by atoms with Gasteiger partial charge in [-0.05, 0) is 30.3 Å². The molecule has 0 fully saturated rings. The van der Waals surface area contributed by atoms with E-state index in [1.807, 2.05) is 24.3 Å². The summed E-state index contributed by atoms with van der Waals surface area (Å²) in [4.78, 5) is 30.0. The third-order valence-electron chi connectivity index (χ3n) is 3.74. The van der Waals surface area contributed by atoms with E-state index in [1.165, 1.54) is 16.2 Å². The van der Waals surface area contributed by atoms with Gasteiger partial charge in [0.15, 0.2) is 11.7 Å². The molecule has 0 saturated heterocycles. The molecule has 0 saturated carbocycles. The molecule has 120 valence electrons. The van der Waals surface area contributed by atoms with Crippen molar-refractivity contribution in [1.82, 2.24) is 4.98 Å². The van der Waals surface area contributed by atoms with E-state index in [9.17, 15) is 9.59 Å². The van der Waals surface area contributed by atoms with Crippen LogP contribution in [0.3, 0.4) is 0 Å². The molecule has 0 radical (unpaired) electrons. The summed E-state index contributed by atoms with van der Waals surface area (Å²) >= 11 is 1.46. The number of carbonyl (C=O) groups excluding carboxylic acids is 2. The maximum absolute atomic E-state index is 12.7. The van der Waals surface area contributed by atoms with Crippen LogP contribution < -0.4 is 15.0 Å². The minimum atomic E-state index is -0.201. The second-order valence-electron chi connectivity index (χ2n) is 5.38. The fourth-order valence-electron chi connectivity index (χ4n) is 2.49. The Morgan fingerprint density at radius 2 is 2.12 bits per heavy atom. The molecule has 1 N–H and O–H groups in total. The largest absolute Gasteiger partial charge is 0.482 e. The van der Waals surface area contributed by atoms with Crippen molar-refractivity contribution in [2.24, 2.45) is 0 Å². The fourth-order valence-corrected chi connectivity index (χ4v) is 3.42. The molecule has 2 heterocycles. The summed E-state index contributed by atoms with van der Waals surface area (Å²) in [7, 11) is 1.70. The lowest BCUT2D eigenvalue weighted by atomic mass is 10.1. The van der Waals surface area contributed by atoms with Gasteiger partial charge in [-0.15, -0.1) is 0 Å². The molecule has 2 aromatic carbocycles. The Labute approximate surface area is 141 Å². The van der Waals surface area contributed by atoms with Crippen LogP contribution in [0.15, 0.2) is 42.5 Å².